The quantitative estimate of drug-likeness (QED) is 0.603. The Hall–Kier alpha value is -1.40. The number of hydrogen-bond donors (Lipinski definition) is 2. The summed E-state index contributed by atoms with van der Waals surface area (Å²) < 4.78 is 6.48. The van der Waals surface area contributed by atoms with Gasteiger partial charge in [0.25, 0.3) is 5.56 Å². The molecule has 0 aromatic carbocycles. The lowest BCUT2D eigenvalue weighted by atomic mass is 10.3. The van der Waals surface area contributed by atoms with Crippen molar-refractivity contribution in [2.75, 3.05) is 6.61 Å². The zero-order valence-corrected chi connectivity index (χ0v) is 8.27. The van der Waals surface area contributed by atoms with E-state index in [0.717, 1.165) is 0 Å². The van der Waals surface area contributed by atoms with E-state index in [-0.39, 0.29) is 24.4 Å². The van der Waals surface area contributed by atoms with Crippen LogP contribution in [0.5, 0.6) is 0 Å². The normalized spacial score (nSPS) is 24.1. The summed E-state index contributed by atoms with van der Waals surface area (Å²) in [6.45, 7) is 1.95. The van der Waals surface area contributed by atoms with E-state index in [1.165, 1.54) is 10.8 Å². The van der Waals surface area contributed by atoms with Crippen LogP contribution in [0.25, 0.3) is 0 Å². The van der Waals surface area contributed by atoms with Gasteiger partial charge in [0.05, 0.1) is 13.2 Å². The topological polar surface area (TPSA) is 87.6 Å². The van der Waals surface area contributed by atoms with Gasteiger partial charge in [0.1, 0.15) is 12.2 Å². The highest BCUT2D eigenvalue weighted by molar-refractivity contribution is 5.01. The molecule has 1 saturated heterocycles. The summed E-state index contributed by atoms with van der Waals surface area (Å²) >= 11 is 0. The number of rotatable bonds is 3. The summed E-state index contributed by atoms with van der Waals surface area (Å²) in [5.41, 5.74) is -0.333. The molecule has 6 heteroatoms. The molecule has 1 aliphatic rings. The molecular formula is C9H12N2O4. The Bertz CT molecular complexity index is 476. The molecule has 0 spiro atoms. The predicted molar refractivity (Wildman–Crippen MR) is 51.8 cm³/mol. The third-order valence-electron chi connectivity index (χ3n) is 2.43. The lowest BCUT2D eigenvalue weighted by molar-refractivity contribution is 0.241. The second kappa shape index (κ2) is 3.63. The standard InChI is InChI=1S/C9H12N2O4/c1-5-2-11(9(14)10-8(5)13)3-6-7(4-12)15-6/h2,6-7,12H,3-4H2,1H3,(H,10,13,14). The molecule has 2 rings (SSSR count). The maximum absolute atomic E-state index is 11.3. The summed E-state index contributed by atoms with van der Waals surface area (Å²) in [5.74, 6) is 0. The molecule has 0 bridgehead atoms. The highest BCUT2D eigenvalue weighted by Gasteiger charge is 2.38. The number of nitrogens with one attached hydrogen (secondary N) is 1. The van der Waals surface area contributed by atoms with Crippen LogP contribution in [0.4, 0.5) is 0 Å². The van der Waals surface area contributed by atoms with Crippen molar-refractivity contribution < 1.29 is 9.84 Å². The van der Waals surface area contributed by atoms with Crippen LogP contribution >= 0.6 is 0 Å². The molecule has 0 saturated carbocycles. The van der Waals surface area contributed by atoms with Crippen molar-refractivity contribution >= 4 is 0 Å². The van der Waals surface area contributed by atoms with Crippen molar-refractivity contribution in [1.29, 1.82) is 0 Å². The molecule has 1 fully saturated rings. The van der Waals surface area contributed by atoms with Crippen LogP contribution in [0, 0.1) is 6.92 Å². The molecule has 2 heterocycles. The minimum atomic E-state index is -0.446. The fraction of sp³-hybridized carbons (Fsp3) is 0.556. The maximum atomic E-state index is 11.3. The molecular weight excluding hydrogens is 200 g/mol. The summed E-state index contributed by atoms with van der Waals surface area (Å²) in [6, 6.07) is 0. The van der Waals surface area contributed by atoms with Gasteiger partial charge in [0.15, 0.2) is 0 Å². The van der Waals surface area contributed by atoms with Crippen molar-refractivity contribution in [2.24, 2.45) is 0 Å². The lowest BCUT2D eigenvalue weighted by Gasteiger charge is -2.02. The molecule has 2 atom stereocenters. The lowest BCUT2D eigenvalue weighted by Crippen LogP contribution is -2.32. The van der Waals surface area contributed by atoms with Gasteiger partial charge in [-0.15, -0.1) is 0 Å². The highest BCUT2D eigenvalue weighted by atomic mass is 16.6. The van der Waals surface area contributed by atoms with Gasteiger partial charge in [-0.25, -0.2) is 4.79 Å². The van der Waals surface area contributed by atoms with Crippen LogP contribution in [0.2, 0.25) is 0 Å². The zero-order valence-electron chi connectivity index (χ0n) is 8.27. The first-order valence-electron chi connectivity index (χ1n) is 4.68. The van der Waals surface area contributed by atoms with E-state index in [4.69, 9.17) is 9.84 Å². The van der Waals surface area contributed by atoms with E-state index in [0.29, 0.717) is 12.1 Å². The van der Waals surface area contributed by atoms with E-state index in [9.17, 15) is 9.59 Å². The number of aliphatic hydroxyl groups excluding tert-OH is 1. The number of aryl methyl sites for hydroxylation is 1. The molecule has 0 radical (unpaired) electrons. The van der Waals surface area contributed by atoms with Gasteiger partial charge in [0, 0.05) is 11.8 Å². The van der Waals surface area contributed by atoms with E-state index in [1.807, 2.05) is 0 Å². The van der Waals surface area contributed by atoms with Gasteiger partial charge in [0.2, 0.25) is 0 Å². The summed E-state index contributed by atoms with van der Waals surface area (Å²) in [7, 11) is 0. The van der Waals surface area contributed by atoms with E-state index < -0.39 is 5.69 Å². The minimum absolute atomic E-state index is 0.0399. The van der Waals surface area contributed by atoms with Crippen LogP contribution in [0.3, 0.4) is 0 Å². The third-order valence-corrected chi connectivity index (χ3v) is 2.43. The molecule has 1 aliphatic heterocycles. The van der Waals surface area contributed by atoms with E-state index >= 15 is 0 Å². The maximum Gasteiger partial charge on any atom is 0.328 e. The number of aromatic nitrogens is 2. The molecule has 0 aliphatic carbocycles. The largest absolute Gasteiger partial charge is 0.394 e. The average molecular weight is 212 g/mol. The molecule has 6 nitrogen and oxygen atoms in total. The van der Waals surface area contributed by atoms with Crippen molar-refractivity contribution in [3.63, 3.8) is 0 Å². The van der Waals surface area contributed by atoms with Crippen molar-refractivity contribution in [3.05, 3.63) is 32.6 Å². The Morgan fingerprint density at radius 2 is 2.27 bits per heavy atom. The molecule has 2 N–H and O–H groups in total. The Labute approximate surface area is 85.1 Å². The molecule has 2 unspecified atom stereocenters. The van der Waals surface area contributed by atoms with Crippen molar-refractivity contribution in [1.82, 2.24) is 9.55 Å². The van der Waals surface area contributed by atoms with Crippen molar-refractivity contribution in [2.45, 2.75) is 25.7 Å². The fourth-order valence-electron chi connectivity index (χ4n) is 1.45. The van der Waals surface area contributed by atoms with Gasteiger partial charge in [-0.1, -0.05) is 0 Å². The number of H-pyrrole nitrogens is 1. The monoisotopic (exact) mass is 212 g/mol. The second-order valence-corrected chi connectivity index (χ2v) is 3.62. The van der Waals surface area contributed by atoms with Crippen molar-refractivity contribution in [3.8, 4) is 0 Å². The Balaban J connectivity index is 2.19. The third kappa shape index (κ3) is 2.00. The number of epoxide rings is 1. The van der Waals surface area contributed by atoms with Gasteiger partial charge >= 0.3 is 5.69 Å². The minimum Gasteiger partial charge on any atom is -0.394 e. The average Bonchev–Trinajstić information content (AvgIpc) is 2.93. The fourth-order valence-corrected chi connectivity index (χ4v) is 1.45. The Morgan fingerprint density at radius 1 is 1.53 bits per heavy atom. The zero-order chi connectivity index (χ0) is 11.0. The van der Waals surface area contributed by atoms with Gasteiger partial charge in [-0.05, 0) is 6.92 Å². The number of aromatic amines is 1. The number of aliphatic hydroxyl groups is 1. The smallest absolute Gasteiger partial charge is 0.328 e. The molecule has 15 heavy (non-hydrogen) atoms. The molecule has 1 aromatic heterocycles. The Kier molecular flexibility index (Phi) is 2.45. The van der Waals surface area contributed by atoms with Crippen LogP contribution in [0.1, 0.15) is 5.56 Å². The first-order valence-corrected chi connectivity index (χ1v) is 4.68. The summed E-state index contributed by atoms with van der Waals surface area (Å²) in [4.78, 5) is 24.6. The Morgan fingerprint density at radius 3 is 2.87 bits per heavy atom. The highest BCUT2D eigenvalue weighted by Crippen LogP contribution is 2.22. The van der Waals surface area contributed by atoms with Gasteiger partial charge in [-0.3, -0.25) is 14.3 Å². The second-order valence-electron chi connectivity index (χ2n) is 3.62. The molecule has 0 amide bonds. The first kappa shape index (κ1) is 10.1. The van der Waals surface area contributed by atoms with E-state index in [1.54, 1.807) is 6.92 Å². The number of hydrogen-bond acceptors (Lipinski definition) is 4. The number of ether oxygens (including phenoxy) is 1. The van der Waals surface area contributed by atoms with Crippen LogP contribution in [-0.4, -0.2) is 33.5 Å². The summed E-state index contributed by atoms with van der Waals surface area (Å²) in [5, 5.41) is 8.75. The van der Waals surface area contributed by atoms with Crippen LogP contribution in [-0.2, 0) is 11.3 Å². The van der Waals surface area contributed by atoms with Crippen LogP contribution < -0.4 is 11.2 Å². The SMILES string of the molecule is Cc1cn(CC2OC2CO)c(=O)[nH]c1=O. The summed E-state index contributed by atoms with van der Waals surface area (Å²) in [6.07, 6.45) is 1.19. The number of nitrogens with zero attached hydrogens (tertiary/aromatic N) is 1. The van der Waals surface area contributed by atoms with Gasteiger partial charge < -0.3 is 9.84 Å². The van der Waals surface area contributed by atoms with E-state index in [2.05, 4.69) is 4.98 Å². The molecule has 1 aromatic rings. The molecule has 82 valence electrons. The van der Waals surface area contributed by atoms with Gasteiger partial charge in [-0.2, -0.15) is 0 Å². The van der Waals surface area contributed by atoms with Crippen LogP contribution in [0.15, 0.2) is 15.8 Å². The predicted octanol–water partition coefficient (Wildman–Crippen LogP) is -1.40. The first-order chi connectivity index (χ1) is 7.11.